The van der Waals surface area contributed by atoms with Crippen LogP contribution in [0.15, 0.2) is 12.2 Å². The zero-order valence-corrected chi connectivity index (χ0v) is 20.1. The van der Waals surface area contributed by atoms with Crippen molar-refractivity contribution in [3.63, 3.8) is 0 Å². The van der Waals surface area contributed by atoms with Gasteiger partial charge < -0.3 is 9.47 Å². The summed E-state index contributed by atoms with van der Waals surface area (Å²) in [6.45, 7) is 6.36. The summed E-state index contributed by atoms with van der Waals surface area (Å²) < 4.78 is 10.0. The summed E-state index contributed by atoms with van der Waals surface area (Å²) in [5, 5.41) is 0. The third-order valence-corrected chi connectivity index (χ3v) is 5.40. The summed E-state index contributed by atoms with van der Waals surface area (Å²) >= 11 is 0. The number of carbonyl (C=O) groups is 2. The van der Waals surface area contributed by atoms with E-state index in [4.69, 9.17) is 9.47 Å². The summed E-state index contributed by atoms with van der Waals surface area (Å²) in [5.41, 5.74) is 0. The monoisotopic (exact) mass is 424 g/mol. The zero-order valence-electron chi connectivity index (χ0n) is 20.1. The lowest BCUT2D eigenvalue weighted by Gasteiger charge is -2.14. The summed E-state index contributed by atoms with van der Waals surface area (Å²) in [5.74, 6) is -1.65. The molecule has 0 aromatic rings. The van der Waals surface area contributed by atoms with Crippen LogP contribution >= 0.6 is 0 Å². The van der Waals surface area contributed by atoms with Crippen LogP contribution in [0.2, 0.25) is 0 Å². The molecule has 0 heterocycles. The van der Waals surface area contributed by atoms with E-state index in [1.165, 1.54) is 77.0 Å². The second-order valence-corrected chi connectivity index (χ2v) is 8.14. The van der Waals surface area contributed by atoms with E-state index < -0.39 is 17.9 Å². The minimum Gasteiger partial charge on any atom is -0.465 e. The van der Waals surface area contributed by atoms with E-state index >= 15 is 0 Å². The van der Waals surface area contributed by atoms with Crippen LogP contribution in [0.3, 0.4) is 0 Å². The van der Waals surface area contributed by atoms with E-state index in [0.717, 1.165) is 19.3 Å². The molecule has 0 rings (SSSR count). The molecule has 0 N–H and O–H groups in total. The molecular formula is C26H48O4. The first-order chi connectivity index (χ1) is 14.7. The van der Waals surface area contributed by atoms with E-state index in [-0.39, 0.29) is 0 Å². The molecule has 0 atom stereocenters. The molecule has 0 aliphatic heterocycles. The Balaban J connectivity index is 3.58. The molecule has 0 amide bonds. The van der Waals surface area contributed by atoms with Gasteiger partial charge in [-0.05, 0) is 46.0 Å². The molecular weight excluding hydrogens is 376 g/mol. The number of rotatable bonds is 21. The lowest BCUT2D eigenvalue weighted by molar-refractivity contribution is -0.161. The Labute approximate surface area is 186 Å². The molecule has 176 valence electrons. The normalized spacial score (nSPS) is 11.3. The van der Waals surface area contributed by atoms with Gasteiger partial charge in [0, 0.05) is 0 Å². The molecule has 30 heavy (non-hydrogen) atoms. The van der Waals surface area contributed by atoms with Gasteiger partial charge in [-0.2, -0.15) is 0 Å². The lowest BCUT2D eigenvalue weighted by atomic mass is 10.00. The number of carbonyl (C=O) groups excluding carboxylic acids is 2. The van der Waals surface area contributed by atoms with Crippen LogP contribution in [-0.4, -0.2) is 25.2 Å². The quantitative estimate of drug-likeness (QED) is 0.0826. The minimum absolute atomic E-state index is 0.294. The van der Waals surface area contributed by atoms with Crippen LogP contribution in [0.1, 0.15) is 124 Å². The van der Waals surface area contributed by atoms with Crippen LogP contribution < -0.4 is 0 Å². The Morgan fingerprint density at radius 3 is 1.43 bits per heavy atom. The molecule has 0 aliphatic carbocycles. The van der Waals surface area contributed by atoms with Gasteiger partial charge in [0.05, 0.1) is 13.2 Å². The first-order valence-electron chi connectivity index (χ1n) is 12.7. The van der Waals surface area contributed by atoms with Crippen molar-refractivity contribution in [2.45, 2.75) is 124 Å². The van der Waals surface area contributed by atoms with Crippen LogP contribution in [0.5, 0.6) is 0 Å². The third-order valence-electron chi connectivity index (χ3n) is 5.40. The average Bonchev–Trinajstić information content (AvgIpc) is 2.73. The van der Waals surface area contributed by atoms with Crippen molar-refractivity contribution in [2.75, 3.05) is 13.2 Å². The van der Waals surface area contributed by atoms with Crippen LogP contribution in [0, 0.1) is 5.92 Å². The molecule has 0 spiro atoms. The van der Waals surface area contributed by atoms with Gasteiger partial charge in [-0.25, -0.2) is 0 Å². The highest BCUT2D eigenvalue weighted by Gasteiger charge is 2.28. The van der Waals surface area contributed by atoms with Gasteiger partial charge in [0.15, 0.2) is 5.92 Å². The van der Waals surface area contributed by atoms with Gasteiger partial charge >= 0.3 is 11.9 Å². The largest absolute Gasteiger partial charge is 0.465 e. The molecule has 0 bridgehead atoms. The lowest BCUT2D eigenvalue weighted by Crippen LogP contribution is -2.28. The second-order valence-electron chi connectivity index (χ2n) is 8.14. The maximum Gasteiger partial charge on any atom is 0.320 e. The number of esters is 2. The molecule has 0 aromatic carbocycles. The number of allylic oxidation sites excluding steroid dienone is 2. The molecule has 0 aromatic heterocycles. The van der Waals surface area contributed by atoms with Crippen molar-refractivity contribution in [1.82, 2.24) is 0 Å². The van der Waals surface area contributed by atoms with Crippen LogP contribution in [0.4, 0.5) is 0 Å². The Hall–Kier alpha value is -1.32. The molecule has 0 fully saturated rings. The summed E-state index contributed by atoms with van der Waals surface area (Å²) in [7, 11) is 0. The topological polar surface area (TPSA) is 52.6 Å². The fraction of sp³-hybridized carbons (Fsp3) is 0.846. The van der Waals surface area contributed by atoms with Gasteiger partial charge in [-0.3, -0.25) is 9.59 Å². The van der Waals surface area contributed by atoms with Crippen molar-refractivity contribution >= 4 is 11.9 Å². The maximum atomic E-state index is 11.9. The average molecular weight is 425 g/mol. The van der Waals surface area contributed by atoms with Crippen molar-refractivity contribution in [2.24, 2.45) is 5.92 Å². The van der Waals surface area contributed by atoms with Crippen molar-refractivity contribution in [1.29, 1.82) is 0 Å². The Morgan fingerprint density at radius 1 is 0.600 bits per heavy atom. The highest BCUT2D eigenvalue weighted by atomic mass is 16.6. The third kappa shape index (κ3) is 17.5. The van der Waals surface area contributed by atoms with E-state index in [0.29, 0.717) is 19.6 Å². The summed E-state index contributed by atoms with van der Waals surface area (Å²) in [6, 6.07) is 0. The molecule has 0 aliphatic rings. The molecule has 0 saturated carbocycles. The van der Waals surface area contributed by atoms with Crippen molar-refractivity contribution < 1.29 is 19.1 Å². The predicted octanol–water partition coefficient (Wildman–Crippen LogP) is 7.55. The second kappa shape index (κ2) is 22.4. The van der Waals surface area contributed by atoms with Gasteiger partial charge in [0.1, 0.15) is 0 Å². The van der Waals surface area contributed by atoms with Gasteiger partial charge in [-0.1, -0.05) is 89.7 Å². The highest BCUT2D eigenvalue weighted by molar-refractivity contribution is 5.94. The maximum absolute atomic E-state index is 11.9. The Bertz CT molecular complexity index is 413. The highest BCUT2D eigenvalue weighted by Crippen LogP contribution is 2.16. The Kier molecular flexibility index (Phi) is 21.4. The van der Waals surface area contributed by atoms with Crippen molar-refractivity contribution in [3.8, 4) is 0 Å². The van der Waals surface area contributed by atoms with Gasteiger partial charge in [0.2, 0.25) is 0 Å². The van der Waals surface area contributed by atoms with Gasteiger partial charge in [0.25, 0.3) is 0 Å². The molecule has 0 radical (unpaired) electrons. The minimum atomic E-state index is -0.758. The zero-order chi connectivity index (χ0) is 22.3. The molecule has 4 heteroatoms. The predicted molar refractivity (Wildman–Crippen MR) is 125 cm³/mol. The van der Waals surface area contributed by atoms with Crippen LogP contribution in [-0.2, 0) is 19.1 Å². The smallest absolute Gasteiger partial charge is 0.320 e. The molecule has 0 saturated heterocycles. The number of ether oxygens (including phenoxy) is 2. The van der Waals surface area contributed by atoms with Crippen LogP contribution in [0.25, 0.3) is 0 Å². The summed E-state index contributed by atoms with van der Waals surface area (Å²) in [4.78, 5) is 23.9. The van der Waals surface area contributed by atoms with E-state index in [1.54, 1.807) is 13.8 Å². The Morgan fingerprint density at radius 2 is 1.00 bits per heavy atom. The molecule has 0 unspecified atom stereocenters. The summed E-state index contributed by atoms with van der Waals surface area (Å²) in [6.07, 6.45) is 24.1. The van der Waals surface area contributed by atoms with E-state index in [2.05, 4.69) is 19.1 Å². The van der Waals surface area contributed by atoms with E-state index in [9.17, 15) is 9.59 Å². The number of hydrogen-bond acceptors (Lipinski definition) is 4. The first kappa shape index (κ1) is 28.7. The van der Waals surface area contributed by atoms with Gasteiger partial charge in [-0.15, -0.1) is 0 Å². The fourth-order valence-corrected chi connectivity index (χ4v) is 3.59. The SMILES string of the molecule is CCCCCCCCCC=CCCCCCCCCC(C(=O)OCC)C(=O)OCC. The fourth-order valence-electron chi connectivity index (χ4n) is 3.59. The first-order valence-corrected chi connectivity index (χ1v) is 12.7. The van der Waals surface area contributed by atoms with Crippen molar-refractivity contribution in [3.05, 3.63) is 12.2 Å². The standard InChI is InChI=1S/C26H48O4/c1-4-7-8-9-10-11-12-13-14-15-16-17-18-19-20-21-22-23-24(25(27)29-5-2)26(28)30-6-3/h14-15,24H,4-13,16-23H2,1-3H3. The van der Waals surface area contributed by atoms with E-state index in [1.807, 2.05) is 0 Å². The number of hydrogen-bond donors (Lipinski definition) is 0. The molecule has 4 nitrogen and oxygen atoms in total. The number of unbranched alkanes of at least 4 members (excludes halogenated alkanes) is 13.